The van der Waals surface area contributed by atoms with E-state index in [0.29, 0.717) is 16.9 Å². The highest BCUT2D eigenvalue weighted by atomic mass is 16.6. The Morgan fingerprint density at radius 3 is 2.80 bits per heavy atom. The van der Waals surface area contributed by atoms with Gasteiger partial charge in [0.15, 0.2) is 0 Å². The lowest BCUT2D eigenvalue weighted by molar-refractivity contribution is -0.385. The first-order chi connectivity index (χ1) is 9.56. The Balaban J connectivity index is 2.08. The number of pyridine rings is 1. The van der Waals surface area contributed by atoms with Gasteiger partial charge in [-0.1, -0.05) is 12.1 Å². The average Bonchev–Trinajstić information content (AvgIpc) is 2.41. The molecule has 0 unspecified atom stereocenters. The molecule has 6 heteroatoms. The molecule has 2 rings (SSSR count). The Kier molecular flexibility index (Phi) is 4.05. The third-order valence-electron chi connectivity index (χ3n) is 2.76. The summed E-state index contributed by atoms with van der Waals surface area (Å²) in [5, 5.41) is 13.5. The number of rotatable bonds is 4. The van der Waals surface area contributed by atoms with Gasteiger partial charge in [0.05, 0.1) is 11.3 Å². The van der Waals surface area contributed by atoms with Crippen LogP contribution in [0.5, 0.6) is 0 Å². The molecule has 0 saturated heterocycles. The van der Waals surface area contributed by atoms with E-state index >= 15 is 0 Å². The summed E-state index contributed by atoms with van der Waals surface area (Å²) in [6.45, 7) is 1.65. The van der Waals surface area contributed by atoms with E-state index in [1.165, 1.54) is 6.07 Å². The van der Waals surface area contributed by atoms with Gasteiger partial charge in [0.25, 0.3) is 5.69 Å². The van der Waals surface area contributed by atoms with Crippen LogP contribution in [-0.2, 0) is 11.2 Å². The first kappa shape index (κ1) is 13.7. The van der Waals surface area contributed by atoms with Crippen LogP contribution < -0.4 is 5.32 Å². The van der Waals surface area contributed by atoms with Crippen molar-refractivity contribution in [2.45, 2.75) is 13.3 Å². The minimum Gasteiger partial charge on any atom is -0.325 e. The van der Waals surface area contributed by atoms with E-state index in [1.54, 1.807) is 43.5 Å². The zero-order valence-electron chi connectivity index (χ0n) is 10.9. The molecule has 1 aromatic heterocycles. The molecule has 0 bridgehead atoms. The average molecular weight is 271 g/mol. The summed E-state index contributed by atoms with van der Waals surface area (Å²) < 4.78 is 0. The second-order valence-corrected chi connectivity index (χ2v) is 4.30. The van der Waals surface area contributed by atoms with Crippen molar-refractivity contribution in [2.24, 2.45) is 0 Å². The summed E-state index contributed by atoms with van der Waals surface area (Å²) in [6, 6.07) is 9.91. The molecule has 0 aliphatic rings. The number of carbonyl (C=O) groups is 1. The number of hydrogen-bond donors (Lipinski definition) is 1. The maximum absolute atomic E-state index is 11.8. The maximum Gasteiger partial charge on any atom is 0.274 e. The van der Waals surface area contributed by atoms with E-state index in [4.69, 9.17) is 0 Å². The number of carbonyl (C=O) groups excluding carboxylic acids is 1. The molecule has 2 aromatic rings. The van der Waals surface area contributed by atoms with Gasteiger partial charge in [0, 0.05) is 29.2 Å². The molecule has 1 heterocycles. The van der Waals surface area contributed by atoms with Gasteiger partial charge in [-0.3, -0.25) is 19.9 Å². The number of amides is 1. The Hall–Kier alpha value is -2.76. The SMILES string of the molecule is Cc1ccc(NC(=O)Cc2ccccn2)cc1[N+](=O)[O-]. The van der Waals surface area contributed by atoms with Gasteiger partial charge < -0.3 is 5.32 Å². The second kappa shape index (κ2) is 5.92. The van der Waals surface area contributed by atoms with Crippen LogP contribution in [0.3, 0.4) is 0 Å². The van der Waals surface area contributed by atoms with Crippen molar-refractivity contribution in [3.63, 3.8) is 0 Å². The topological polar surface area (TPSA) is 85.1 Å². The molecular formula is C14H13N3O3. The number of nitro groups is 1. The van der Waals surface area contributed by atoms with Crippen molar-refractivity contribution in [3.8, 4) is 0 Å². The van der Waals surface area contributed by atoms with Gasteiger partial charge in [-0.2, -0.15) is 0 Å². The molecule has 0 saturated carbocycles. The Morgan fingerprint density at radius 2 is 2.15 bits per heavy atom. The monoisotopic (exact) mass is 271 g/mol. The Bertz CT molecular complexity index is 641. The normalized spacial score (nSPS) is 10.1. The molecule has 1 aromatic carbocycles. The van der Waals surface area contributed by atoms with Gasteiger partial charge in [0.1, 0.15) is 0 Å². The predicted octanol–water partition coefficient (Wildman–Crippen LogP) is 2.48. The predicted molar refractivity (Wildman–Crippen MR) is 74.4 cm³/mol. The molecule has 0 radical (unpaired) electrons. The largest absolute Gasteiger partial charge is 0.325 e. The third-order valence-corrected chi connectivity index (χ3v) is 2.76. The molecule has 0 atom stereocenters. The molecular weight excluding hydrogens is 258 g/mol. The number of hydrogen-bond acceptors (Lipinski definition) is 4. The van der Waals surface area contributed by atoms with Crippen LogP contribution in [-0.4, -0.2) is 15.8 Å². The molecule has 6 nitrogen and oxygen atoms in total. The van der Waals surface area contributed by atoms with Crippen LogP contribution in [0.4, 0.5) is 11.4 Å². The van der Waals surface area contributed by atoms with Crippen molar-refractivity contribution < 1.29 is 9.72 Å². The highest BCUT2D eigenvalue weighted by Crippen LogP contribution is 2.22. The number of nitrogens with one attached hydrogen (secondary N) is 1. The summed E-state index contributed by atoms with van der Waals surface area (Å²) in [4.78, 5) is 26.2. The van der Waals surface area contributed by atoms with Crippen molar-refractivity contribution in [1.29, 1.82) is 0 Å². The smallest absolute Gasteiger partial charge is 0.274 e. The summed E-state index contributed by atoms with van der Waals surface area (Å²) in [6.07, 6.45) is 1.74. The fraction of sp³-hybridized carbons (Fsp3) is 0.143. The van der Waals surface area contributed by atoms with Crippen LogP contribution >= 0.6 is 0 Å². The lowest BCUT2D eigenvalue weighted by atomic mass is 10.2. The summed E-state index contributed by atoms with van der Waals surface area (Å²) in [5.41, 5.74) is 1.59. The Labute approximate surface area is 115 Å². The molecule has 0 spiro atoms. The summed E-state index contributed by atoms with van der Waals surface area (Å²) >= 11 is 0. The van der Waals surface area contributed by atoms with Gasteiger partial charge in [-0.15, -0.1) is 0 Å². The number of anilines is 1. The van der Waals surface area contributed by atoms with Crippen molar-refractivity contribution in [3.05, 3.63) is 64.0 Å². The quantitative estimate of drug-likeness (QED) is 0.683. The number of benzene rings is 1. The van der Waals surface area contributed by atoms with Gasteiger partial charge >= 0.3 is 0 Å². The highest BCUT2D eigenvalue weighted by molar-refractivity contribution is 5.92. The van der Waals surface area contributed by atoms with E-state index in [9.17, 15) is 14.9 Å². The van der Waals surface area contributed by atoms with Crippen molar-refractivity contribution in [2.75, 3.05) is 5.32 Å². The van der Waals surface area contributed by atoms with Gasteiger partial charge in [0.2, 0.25) is 5.91 Å². The van der Waals surface area contributed by atoms with Crippen LogP contribution in [0.15, 0.2) is 42.6 Å². The minimum atomic E-state index is -0.469. The number of nitro benzene ring substituents is 1. The first-order valence-electron chi connectivity index (χ1n) is 6.01. The molecule has 1 N–H and O–H groups in total. The lowest BCUT2D eigenvalue weighted by Crippen LogP contribution is -2.15. The van der Waals surface area contributed by atoms with E-state index in [2.05, 4.69) is 10.3 Å². The van der Waals surface area contributed by atoms with Crippen LogP contribution in [0, 0.1) is 17.0 Å². The highest BCUT2D eigenvalue weighted by Gasteiger charge is 2.12. The second-order valence-electron chi connectivity index (χ2n) is 4.30. The molecule has 1 amide bonds. The third kappa shape index (κ3) is 3.38. The molecule has 20 heavy (non-hydrogen) atoms. The van der Waals surface area contributed by atoms with Crippen LogP contribution in [0.25, 0.3) is 0 Å². The van der Waals surface area contributed by atoms with Gasteiger partial charge in [-0.25, -0.2) is 0 Å². The number of nitrogens with zero attached hydrogens (tertiary/aromatic N) is 2. The fourth-order valence-electron chi connectivity index (χ4n) is 1.76. The first-order valence-corrected chi connectivity index (χ1v) is 6.01. The van der Waals surface area contributed by atoms with E-state index in [-0.39, 0.29) is 18.0 Å². The molecule has 0 aliphatic heterocycles. The minimum absolute atomic E-state index is 0.0133. The summed E-state index contributed by atoms with van der Waals surface area (Å²) in [7, 11) is 0. The van der Waals surface area contributed by atoms with Crippen molar-refractivity contribution in [1.82, 2.24) is 4.98 Å². The fourth-order valence-corrected chi connectivity index (χ4v) is 1.76. The molecule has 0 aliphatic carbocycles. The van der Waals surface area contributed by atoms with Crippen LogP contribution in [0.1, 0.15) is 11.3 Å². The Morgan fingerprint density at radius 1 is 1.35 bits per heavy atom. The van der Waals surface area contributed by atoms with E-state index < -0.39 is 4.92 Å². The van der Waals surface area contributed by atoms with E-state index in [1.807, 2.05) is 0 Å². The number of aromatic nitrogens is 1. The molecule has 102 valence electrons. The van der Waals surface area contributed by atoms with Crippen LogP contribution in [0.2, 0.25) is 0 Å². The maximum atomic E-state index is 11.8. The van der Waals surface area contributed by atoms with Crippen molar-refractivity contribution >= 4 is 17.3 Å². The zero-order chi connectivity index (χ0) is 14.5. The zero-order valence-corrected chi connectivity index (χ0v) is 10.9. The standard InChI is InChI=1S/C14H13N3O3/c1-10-5-6-12(8-13(10)17(19)20)16-14(18)9-11-4-2-3-7-15-11/h2-8H,9H2,1H3,(H,16,18). The lowest BCUT2D eigenvalue weighted by Gasteiger charge is -2.06. The number of aryl methyl sites for hydroxylation is 1. The molecule has 0 fully saturated rings. The van der Waals surface area contributed by atoms with Gasteiger partial charge in [-0.05, 0) is 25.1 Å². The van der Waals surface area contributed by atoms with E-state index in [0.717, 1.165) is 0 Å². The summed E-state index contributed by atoms with van der Waals surface area (Å²) in [5.74, 6) is -0.262.